The van der Waals surface area contributed by atoms with Gasteiger partial charge in [-0.3, -0.25) is 9.69 Å². The molecule has 4 nitrogen and oxygen atoms in total. The van der Waals surface area contributed by atoms with Crippen molar-refractivity contribution in [2.75, 3.05) is 37.6 Å². The van der Waals surface area contributed by atoms with E-state index < -0.39 is 0 Å². The second-order valence-corrected chi connectivity index (χ2v) is 7.70. The van der Waals surface area contributed by atoms with Crippen molar-refractivity contribution in [2.24, 2.45) is 0 Å². The molecule has 0 aliphatic carbocycles. The molecule has 0 spiro atoms. The number of carbonyl (C=O) groups is 1. The monoisotopic (exact) mass is 365 g/mol. The number of anilines is 1. The quantitative estimate of drug-likeness (QED) is 0.783. The molecule has 0 unspecified atom stereocenters. The van der Waals surface area contributed by atoms with Crippen LogP contribution in [-0.4, -0.2) is 54.5 Å². The normalized spacial score (nSPS) is 15.2. The second kappa shape index (κ2) is 9.05. The van der Waals surface area contributed by atoms with E-state index >= 15 is 0 Å². The van der Waals surface area contributed by atoms with Crippen LogP contribution < -0.4 is 4.90 Å². The number of hydrogen-bond acceptors (Lipinski definition) is 3. The highest BCUT2D eigenvalue weighted by molar-refractivity contribution is 5.78. The van der Waals surface area contributed by atoms with E-state index in [2.05, 4.69) is 67.0 Å². The van der Waals surface area contributed by atoms with Gasteiger partial charge in [0.05, 0.1) is 6.54 Å². The van der Waals surface area contributed by atoms with Gasteiger partial charge in [-0.15, -0.1) is 0 Å². The maximum absolute atomic E-state index is 12.9. The predicted molar refractivity (Wildman–Crippen MR) is 112 cm³/mol. The smallest absolute Gasteiger partial charge is 0.237 e. The highest BCUT2D eigenvalue weighted by atomic mass is 16.2. The van der Waals surface area contributed by atoms with Gasteiger partial charge >= 0.3 is 0 Å². The Morgan fingerprint density at radius 2 is 1.70 bits per heavy atom. The molecule has 2 aromatic carbocycles. The van der Waals surface area contributed by atoms with E-state index in [9.17, 15) is 4.79 Å². The molecular weight excluding hydrogens is 334 g/mol. The maximum Gasteiger partial charge on any atom is 0.237 e. The third-order valence-electron chi connectivity index (χ3n) is 5.24. The zero-order chi connectivity index (χ0) is 19.2. The Kier molecular flexibility index (Phi) is 6.51. The molecule has 1 saturated heterocycles. The summed E-state index contributed by atoms with van der Waals surface area (Å²) in [4.78, 5) is 19.6. The number of rotatable bonds is 6. The van der Waals surface area contributed by atoms with Crippen LogP contribution in [0.1, 0.15) is 25.0 Å². The zero-order valence-corrected chi connectivity index (χ0v) is 16.8. The van der Waals surface area contributed by atoms with Gasteiger partial charge in [0.2, 0.25) is 5.91 Å². The summed E-state index contributed by atoms with van der Waals surface area (Å²) >= 11 is 0. The van der Waals surface area contributed by atoms with Crippen molar-refractivity contribution in [1.82, 2.24) is 9.80 Å². The first-order chi connectivity index (χ1) is 13.0. The molecule has 0 N–H and O–H groups in total. The largest absolute Gasteiger partial charge is 0.369 e. The average molecular weight is 366 g/mol. The molecule has 27 heavy (non-hydrogen) atoms. The molecule has 4 heteroatoms. The van der Waals surface area contributed by atoms with E-state index in [0.717, 1.165) is 26.2 Å². The van der Waals surface area contributed by atoms with Gasteiger partial charge in [0, 0.05) is 44.5 Å². The molecule has 0 saturated carbocycles. The fourth-order valence-corrected chi connectivity index (χ4v) is 3.61. The van der Waals surface area contributed by atoms with E-state index in [1.54, 1.807) is 0 Å². The first-order valence-corrected chi connectivity index (χ1v) is 9.90. The van der Waals surface area contributed by atoms with Crippen LogP contribution in [-0.2, 0) is 11.3 Å². The fourth-order valence-electron chi connectivity index (χ4n) is 3.61. The summed E-state index contributed by atoms with van der Waals surface area (Å²) in [6.07, 6.45) is 0. The highest BCUT2D eigenvalue weighted by Crippen LogP contribution is 2.18. The molecule has 1 heterocycles. The van der Waals surface area contributed by atoms with Gasteiger partial charge in [-0.2, -0.15) is 0 Å². The SMILES string of the molecule is Cc1cccc(N2CCN(CC(=O)N(Cc3ccccc3)C(C)C)CC2)c1. The lowest BCUT2D eigenvalue weighted by atomic mass is 10.1. The maximum atomic E-state index is 12.9. The van der Waals surface area contributed by atoms with Crippen molar-refractivity contribution >= 4 is 11.6 Å². The minimum absolute atomic E-state index is 0.200. The molecule has 0 bridgehead atoms. The van der Waals surface area contributed by atoms with E-state index in [-0.39, 0.29) is 11.9 Å². The molecule has 0 atom stereocenters. The Morgan fingerprint density at radius 1 is 1.00 bits per heavy atom. The Balaban J connectivity index is 1.54. The van der Waals surface area contributed by atoms with Crippen molar-refractivity contribution in [3.8, 4) is 0 Å². The second-order valence-electron chi connectivity index (χ2n) is 7.70. The van der Waals surface area contributed by atoms with Gasteiger partial charge in [0.25, 0.3) is 0 Å². The lowest BCUT2D eigenvalue weighted by Crippen LogP contribution is -2.51. The first kappa shape index (κ1) is 19.4. The van der Waals surface area contributed by atoms with Gasteiger partial charge in [-0.1, -0.05) is 42.5 Å². The molecule has 1 fully saturated rings. The van der Waals surface area contributed by atoms with Crippen LogP contribution in [0.15, 0.2) is 54.6 Å². The number of nitrogens with zero attached hydrogens (tertiary/aromatic N) is 3. The van der Waals surface area contributed by atoms with Crippen LogP contribution in [0.5, 0.6) is 0 Å². The number of carbonyl (C=O) groups excluding carboxylic acids is 1. The Morgan fingerprint density at radius 3 is 2.33 bits per heavy atom. The van der Waals surface area contributed by atoms with Gasteiger partial charge in [-0.05, 0) is 44.0 Å². The van der Waals surface area contributed by atoms with Crippen LogP contribution in [0.25, 0.3) is 0 Å². The van der Waals surface area contributed by atoms with Crippen LogP contribution in [0.2, 0.25) is 0 Å². The standard InChI is InChI=1S/C23H31N3O/c1-19(2)26(17-21-9-5-4-6-10-21)23(27)18-24-12-14-25(15-13-24)22-11-7-8-20(3)16-22/h4-11,16,19H,12-15,17-18H2,1-3H3. The highest BCUT2D eigenvalue weighted by Gasteiger charge is 2.23. The molecular formula is C23H31N3O. The van der Waals surface area contributed by atoms with Crippen LogP contribution in [0.3, 0.4) is 0 Å². The number of amides is 1. The topological polar surface area (TPSA) is 26.8 Å². The molecule has 144 valence electrons. The third-order valence-corrected chi connectivity index (χ3v) is 5.24. The predicted octanol–water partition coefficient (Wildman–Crippen LogP) is 3.55. The molecule has 1 amide bonds. The van der Waals surface area contributed by atoms with Gasteiger partial charge < -0.3 is 9.80 Å². The lowest BCUT2D eigenvalue weighted by molar-refractivity contribution is -0.134. The number of benzene rings is 2. The van der Waals surface area contributed by atoms with Crippen molar-refractivity contribution in [3.63, 3.8) is 0 Å². The summed E-state index contributed by atoms with van der Waals surface area (Å²) in [6, 6.07) is 19.1. The summed E-state index contributed by atoms with van der Waals surface area (Å²) in [5.41, 5.74) is 3.76. The van der Waals surface area contributed by atoms with Gasteiger partial charge in [0.1, 0.15) is 0 Å². The third kappa shape index (κ3) is 5.33. The fraction of sp³-hybridized carbons (Fsp3) is 0.435. The van der Waals surface area contributed by atoms with Crippen molar-refractivity contribution in [2.45, 2.75) is 33.4 Å². The van der Waals surface area contributed by atoms with Crippen LogP contribution >= 0.6 is 0 Å². The molecule has 3 rings (SSSR count). The average Bonchev–Trinajstić information content (AvgIpc) is 2.67. The minimum Gasteiger partial charge on any atom is -0.369 e. The number of piperazine rings is 1. The van der Waals surface area contributed by atoms with Crippen LogP contribution in [0, 0.1) is 6.92 Å². The van der Waals surface area contributed by atoms with Gasteiger partial charge in [0.15, 0.2) is 0 Å². The van der Waals surface area contributed by atoms with Crippen molar-refractivity contribution in [1.29, 1.82) is 0 Å². The van der Waals surface area contributed by atoms with E-state index in [1.807, 2.05) is 23.1 Å². The molecule has 0 aromatic heterocycles. The number of hydrogen-bond donors (Lipinski definition) is 0. The summed E-state index contributed by atoms with van der Waals surface area (Å²) in [5, 5.41) is 0. The molecule has 1 aliphatic heterocycles. The van der Waals surface area contributed by atoms with Crippen molar-refractivity contribution in [3.05, 3.63) is 65.7 Å². The molecule has 2 aromatic rings. The minimum atomic E-state index is 0.200. The van der Waals surface area contributed by atoms with E-state index in [4.69, 9.17) is 0 Å². The molecule has 0 radical (unpaired) electrons. The molecule has 1 aliphatic rings. The zero-order valence-electron chi connectivity index (χ0n) is 16.8. The summed E-state index contributed by atoms with van der Waals surface area (Å²) in [7, 11) is 0. The Labute approximate surface area is 163 Å². The van der Waals surface area contributed by atoms with E-state index in [0.29, 0.717) is 13.1 Å². The van der Waals surface area contributed by atoms with Crippen LogP contribution in [0.4, 0.5) is 5.69 Å². The summed E-state index contributed by atoms with van der Waals surface area (Å²) < 4.78 is 0. The summed E-state index contributed by atoms with van der Waals surface area (Å²) in [6.45, 7) is 11.3. The lowest BCUT2D eigenvalue weighted by Gasteiger charge is -2.37. The number of aryl methyl sites for hydroxylation is 1. The first-order valence-electron chi connectivity index (χ1n) is 9.90. The summed E-state index contributed by atoms with van der Waals surface area (Å²) in [5.74, 6) is 0.220. The van der Waals surface area contributed by atoms with Gasteiger partial charge in [-0.25, -0.2) is 0 Å². The Bertz CT molecular complexity index is 736. The van der Waals surface area contributed by atoms with E-state index in [1.165, 1.54) is 16.8 Å². The Hall–Kier alpha value is -2.33. The van der Waals surface area contributed by atoms with Crippen molar-refractivity contribution < 1.29 is 4.79 Å².